The van der Waals surface area contributed by atoms with Crippen LogP contribution in [0.15, 0.2) is 9.63 Å². The maximum Gasteiger partial charge on any atom is 0.260 e. The van der Waals surface area contributed by atoms with Crippen molar-refractivity contribution in [3.63, 3.8) is 0 Å². The summed E-state index contributed by atoms with van der Waals surface area (Å²) in [7, 11) is -2.21. The molecule has 0 bridgehead atoms. The van der Waals surface area contributed by atoms with Crippen molar-refractivity contribution in [3.8, 4) is 0 Å². The average Bonchev–Trinajstić information content (AvgIpc) is 2.58. The van der Waals surface area contributed by atoms with Gasteiger partial charge in [0.2, 0.25) is 5.03 Å². The number of sulfonamides is 1. The summed E-state index contributed by atoms with van der Waals surface area (Å²) in [6, 6.07) is -0.332. The van der Waals surface area contributed by atoms with Crippen LogP contribution >= 0.6 is 15.9 Å². The van der Waals surface area contributed by atoms with E-state index in [1.165, 1.54) is 11.7 Å². The SMILES string of the molecule is CC(C)C(CCO)NS(=O)(=O)c1c(Br)nnn1C. The molecule has 1 aromatic heterocycles. The number of aryl methyl sites for hydroxylation is 1. The van der Waals surface area contributed by atoms with Crippen molar-refractivity contribution in [2.75, 3.05) is 6.61 Å². The fraction of sp³-hybridized carbons (Fsp3) is 0.778. The normalized spacial score (nSPS) is 14.1. The fourth-order valence-corrected chi connectivity index (χ4v) is 4.04. The van der Waals surface area contributed by atoms with Gasteiger partial charge in [0.25, 0.3) is 10.0 Å². The van der Waals surface area contributed by atoms with E-state index in [4.69, 9.17) is 5.11 Å². The molecular formula is C9H17BrN4O3S. The number of rotatable bonds is 6. The van der Waals surface area contributed by atoms with E-state index >= 15 is 0 Å². The molecule has 1 rings (SSSR count). The van der Waals surface area contributed by atoms with Gasteiger partial charge in [-0.15, -0.1) is 5.10 Å². The molecule has 104 valence electrons. The van der Waals surface area contributed by atoms with Crippen molar-refractivity contribution in [1.29, 1.82) is 0 Å². The molecule has 0 amide bonds. The van der Waals surface area contributed by atoms with Crippen molar-refractivity contribution in [2.24, 2.45) is 13.0 Å². The van der Waals surface area contributed by atoms with Gasteiger partial charge in [-0.3, -0.25) is 0 Å². The molecule has 1 unspecified atom stereocenters. The minimum Gasteiger partial charge on any atom is -0.396 e. The lowest BCUT2D eigenvalue weighted by Crippen LogP contribution is -2.40. The first-order valence-electron chi connectivity index (χ1n) is 5.48. The lowest BCUT2D eigenvalue weighted by atomic mass is 10.0. The number of nitrogens with one attached hydrogen (secondary N) is 1. The maximum absolute atomic E-state index is 12.2. The van der Waals surface area contributed by atoms with Gasteiger partial charge in [0.15, 0.2) is 4.60 Å². The maximum atomic E-state index is 12.2. The van der Waals surface area contributed by atoms with E-state index in [1.54, 1.807) is 0 Å². The second-order valence-corrected chi connectivity index (χ2v) is 6.67. The molecule has 0 aliphatic carbocycles. The molecule has 0 radical (unpaired) electrons. The van der Waals surface area contributed by atoms with Gasteiger partial charge in [-0.25, -0.2) is 17.8 Å². The Balaban J connectivity index is 3.01. The van der Waals surface area contributed by atoms with Crippen LogP contribution in [0.5, 0.6) is 0 Å². The zero-order valence-corrected chi connectivity index (χ0v) is 12.9. The summed E-state index contributed by atoms with van der Waals surface area (Å²) in [6.45, 7) is 3.70. The van der Waals surface area contributed by atoms with Gasteiger partial charge < -0.3 is 5.11 Å². The number of hydrogen-bond donors (Lipinski definition) is 2. The zero-order chi connectivity index (χ0) is 13.9. The van der Waals surface area contributed by atoms with Gasteiger partial charge in [0, 0.05) is 19.7 Å². The second kappa shape index (κ2) is 6.09. The molecule has 7 nitrogen and oxygen atoms in total. The molecular weight excluding hydrogens is 324 g/mol. The van der Waals surface area contributed by atoms with E-state index in [-0.39, 0.29) is 28.2 Å². The molecule has 9 heteroatoms. The fourth-order valence-electron chi connectivity index (χ4n) is 1.53. The smallest absolute Gasteiger partial charge is 0.260 e. The molecule has 1 atom stereocenters. The highest BCUT2D eigenvalue weighted by Gasteiger charge is 2.27. The number of hydrogen-bond acceptors (Lipinski definition) is 5. The third kappa shape index (κ3) is 3.50. The van der Waals surface area contributed by atoms with Crippen LogP contribution in [0.2, 0.25) is 0 Å². The van der Waals surface area contributed by atoms with Crippen molar-refractivity contribution in [1.82, 2.24) is 19.7 Å². The van der Waals surface area contributed by atoms with Crippen LogP contribution in [-0.2, 0) is 17.1 Å². The van der Waals surface area contributed by atoms with Crippen molar-refractivity contribution in [3.05, 3.63) is 4.60 Å². The van der Waals surface area contributed by atoms with Gasteiger partial charge >= 0.3 is 0 Å². The van der Waals surface area contributed by atoms with Gasteiger partial charge in [-0.1, -0.05) is 19.1 Å². The van der Waals surface area contributed by atoms with Gasteiger partial charge in [0.05, 0.1) is 0 Å². The van der Waals surface area contributed by atoms with Crippen LogP contribution < -0.4 is 4.72 Å². The molecule has 0 aliphatic heterocycles. The second-order valence-electron chi connectivity index (χ2n) is 4.29. The first-order valence-corrected chi connectivity index (χ1v) is 7.75. The number of halogens is 1. The van der Waals surface area contributed by atoms with Crippen molar-refractivity contribution < 1.29 is 13.5 Å². The van der Waals surface area contributed by atoms with Crippen molar-refractivity contribution in [2.45, 2.75) is 31.3 Å². The van der Waals surface area contributed by atoms with Gasteiger partial charge in [-0.05, 0) is 28.3 Å². The highest BCUT2D eigenvalue weighted by Crippen LogP contribution is 2.19. The number of nitrogens with zero attached hydrogens (tertiary/aromatic N) is 3. The van der Waals surface area contributed by atoms with E-state index in [2.05, 4.69) is 31.0 Å². The predicted octanol–water partition coefficient (Wildman–Crippen LogP) is 0.263. The zero-order valence-electron chi connectivity index (χ0n) is 10.5. The monoisotopic (exact) mass is 340 g/mol. The van der Waals surface area contributed by atoms with Crippen LogP contribution in [-0.4, -0.2) is 41.2 Å². The van der Waals surface area contributed by atoms with Gasteiger partial charge in [-0.2, -0.15) is 0 Å². The first-order chi connectivity index (χ1) is 8.29. The number of aliphatic hydroxyl groups is 1. The first kappa shape index (κ1) is 15.5. The summed E-state index contributed by atoms with van der Waals surface area (Å²) in [6.07, 6.45) is 0.361. The summed E-state index contributed by atoms with van der Waals surface area (Å²) in [5.41, 5.74) is 0. The Bertz CT molecular complexity index is 480. The largest absolute Gasteiger partial charge is 0.396 e. The third-order valence-electron chi connectivity index (χ3n) is 2.54. The van der Waals surface area contributed by atoms with Crippen molar-refractivity contribution >= 4 is 26.0 Å². The molecule has 0 saturated carbocycles. The lowest BCUT2D eigenvalue weighted by molar-refractivity contribution is 0.255. The topological polar surface area (TPSA) is 97.1 Å². The molecule has 0 aliphatic rings. The van der Waals surface area contributed by atoms with E-state index in [1.807, 2.05) is 13.8 Å². The van der Waals surface area contributed by atoms with Crippen LogP contribution in [0.3, 0.4) is 0 Å². The molecule has 0 saturated heterocycles. The Hall–Kier alpha value is -0.510. The number of aliphatic hydroxyl groups excluding tert-OH is 1. The van der Waals surface area contributed by atoms with Crippen LogP contribution in [0.4, 0.5) is 0 Å². The van der Waals surface area contributed by atoms with Crippen LogP contribution in [0, 0.1) is 5.92 Å². The summed E-state index contributed by atoms with van der Waals surface area (Å²) in [4.78, 5) is 0. The molecule has 0 aromatic carbocycles. The molecule has 1 aromatic rings. The van der Waals surface area contributed by atoms with E-state index in [0.29, 0.717) is 6.42 Å². The van der Waals surface area contributed by atoms with E-state index in [0.717, 1.165) is 0 Å². The lowest BCUT2D eigenvalue weighted by Gasteiger charge is -2.21. The molecule has 18 heavy (non-hydrogen) atoms. The van der Waals surface area contributed by atoms with Crippen LogP contribution in [0.25, 0.3) is 0 Å². The Morgan fingerprint density at radius 3 is 2.50 bits per heavy atom. The summed E-state index contributed by atoms with van der Waals surface area (Å²) < 4.78 is 28.3. The summed E-state index contributed by atoms with van der Waals surface area (Å²) in [5.74, 6) is 0.0758. The highest BCUT2D eigenvalue weighted by atomic mass is 79.9. The molecule has 2 N–H and O–H groups in total. The minimum absolute atomic E-state index is 0.0221. The molecule has 1 heterocycles. The third-order valence-corrected chi connectivity index (χ3v) is 4.92. The molecule has 0 spiro atoms. The van der Waals surface area contributed by atoms with Crippen LogP contribution in [0.1, 0.15) is 20.3 Å². The Labute approximate surface area is 115 Å². The quantitative estimate of drug-likeness (QED) is 0.774. The van der Waals surface area contributed by atoms with E-state index < -0.39 is 10.0 Å². The van der Waals surface area contributed by atoms with Gasteiger partial charge in [0.1, 0.15) is 0 Å². The summed E-state index contributed by atoms with van der Waals surface area (Å²) in [5, 5.41) is 16.2. The summed E-state index contributed by atoms with van der Waals surface area (Å²) >= 11 is 3.06. The predicted molar refractivity (Wildman–Crippen MR) is 69.4 cm³/mol. The number of aromatic nitrogens is 3. The average molecular weight is 341 g/mol. The van der Waals surface area contributed by atoms with E-state index in [9.17, 15) is 8.42 Å². The Morgan fingerprint density at radius 1 is 1.50 bits per heavy atom. The molecule has 0 fully saturated rings. The highest BCUT2D eigenvalue weighted by molar-refractivity contribution is 9.10. The minimum atomic E-state index is -3.71. The Kier molecular flexibility index (Phi) is 5.26. The Morgan fingerprint density at radius 2 is 2.11 bits per heavy atom. The standard InChI is InChI=1S/C9H17BrN4O3S/c1-6(2)7(4-5-15)12-18(16,17)9-8(10)11-13-14(9)3/h6-7,12,15H,4-5H2,1-3H3.